The molecule has 1 fully saturated rings. The molecule has 1 unspecified atom stereocenters. The third-order valence-corrected chi connectivity index (χ3v) is 3.34. The minimum Gasteiger partial charge on any atom is -0.396 e. The molecule has 98 valence electrons. The van der Waals surface area contributed by atoms with Crippen molar-refractivity contribution in [2.24, 2.45) is 5.92 Å². The number of aromatic nitrogens is 1. The van der Waals surface area contributed by atoms with E-state index in [1.807, 2.05) is 4.90 Å². The molecule has 1 saturated heterocycles. The normalized spacial score (nSPS) is 19.7. The van der Waals surface area contributed by atoms with Crippen LogP contribution in [-0.2, 0) is 0 Å². The van der Waals surface area contributed by atoms with Crippen molar-refractivity contribution in [2.45, 2.75) is 12.8 Å². The highest BCUT2D eigenvalue weighted by Crippen LogP contribution is 2.20. The van der Waals surface area contributed by atoms with Crippen LogP contribution in [-0.4, -0.2) is 47.6 Å². The molecular weight excluding hydrogens is 230 g/mol. The Morgan fingerprint density at radius 3 is 3.22 bits per heavy atom. The van der Waals surface area contributed by atoms with Gasteiger partial charge in [0, 0.05) is 32.9 Å². The zero-order valence-electron chi connectivity index (χ0n) is 10.6. The minimum absolute atomic E-state index is 0.00870. The molecule has 0 aromatic carbocycles. The van der Waals surface area contributed by atoms with E-state index in [0.29, 0.717) is 17.9 Å². The molecule has 5 heteroatoms. The molecule has 0 radical (unpaired) electrons. The van der Waals surface area contributed by atoms with Gasteiger partial charge in [-0.15, -0.1) is 0 Å². The van der Waals surface area contributed by atoms with Gasteiger partial charge in [-0.3, -0.25) is 4.79 Å². The van der Waals surface area contributed by atoms with Crippen molar-refractivity contribution < 1.29 is 9.90 Å². The van der Waals surface area contributed by atoms with Crippen molar-refractivity contribution >= 4 is 11.7 Å². The van der Waals surface area contributed by atoms with Gasteiger partial charge in [-0.1, -0.05) is 0 Å². The van der Waals surface area contributed by atoms with E-state index in [4.69, 9.17) is 0 Å². The molecule has 2 rings (SSSR count). The summed E-state index contributed by atoms with van der Waals surface area (Å²) >= 11 is 0. The molecule has 0 saturated carbocycles. The first-order chi connectivity index (χ1) is 8.76. The fourth-order valence-electron chi connectivity index (χ4n) is 2.35. The van der Waals surface area contributed by atoms with Gasteiger partial charge in [0.15, 0.2) is 0 Å². The van der Waals surface area contributed by atoms with E-state index >= 15 is 0 Å². The molecule has 1 aromatic heterocycles. The summed E-state index contributed by atoms with van der Waals surface area (Å²) in [6.07, 6.45) is 3.60. The number of nitrogens with one attached hydrogen (secondary N) is 1. The van der Waals surface area contributed by atoms with Crippen LogP contribution in [0.5, 0.6) is 0 Å². The van der Waals surface area contributed by atoms with Crippen molar-refractivity contribution in [3.63, 3.8) is 0 Å². The standard InChI is InChI=1S/C13H19N3O2/c1-14-12-11(5-2-6-15-12)13(18)16-7-3-4-10(8-16)9-17/h2,5-6,10,17H,3-4,7-9H2,1H3,(H,14,15). The van der Waals surface area contributed by atoms with Gasteiger partial charge in [0.2, 0.25) is 0 Å². The molecule has 2 N–H and O–H groups in total. The summed E-state index contributed by atoms with van der Waals surface area (Å²) in [5, 5.41) is 12.1. The summed E-state index contributed by atoms with van der Waals surface area (Å²) in [4.78, 5) is 18.4. The summed E-state index contributed by atoms with van der Waals surface area (Å²) < 4.78 is 0. The maximum Gasteiger partial charge on any atom is 0.257 e. The maximum atomic E-state index is 12.4. The predicted octanol–water partition coefficient (Wildman–Crippen LogP) is 0.968. The summed E-state index contributed by atoms with van der Waals surface area (Å²) in [6, 6.07) is 3.55. The fraction of sp³-hybridized carbons (Fsp3) is 0.538. The molecule has 1 aliphatic heterocycles. The highest BCUT2D eigenvalue weighted by molar-refractivity contribution is 5.98. The van der Waals surface area contributed by atoms with E-state index in [9.17, 15) is 9.90 Å². The van der Waals surface area contributed by atoms with Gasteiger partial charge in [-0.2, -0.15) is 0 Å². The van der Waals surface area contributed by atoms with E-state index < -0.39 is 0 Å². The number of carbonyl (C=O) groups is 1. The van der Waals surface area contributed by atoms with E-state index in [-0.39, 0.29) is 18.4 Å². The molecule has 2 heterocycles. The third-order valence-electron chi connectivity index (χ3n) is 3.34. The summed E-state index contributed by atoms with van der Waals surface area (Å²) in [7, 11) is 1.76. The Bertz CT molecular complexity index is 422. The van der Waals surface area contributed by atoms with Crippen LogP contribution in [0.2, 0.25) is 0 Å². The van der Waals surface area contributed by atoms with E-state index in [0.717, 1.165) is 19.4 Å². The lowest BCUT2D eigenvalue weighted by Gasteiger charge is -2.32. The average molecular weight is 249 g/mol. The number of hydrogen-bond acceptors (Lipinski definition) is 4. The predicted molar refractivity (Wildman–Crippen MR) is 69.5 cm³/mol. The van der Waals surface area contributed by atoms with Crippen molar-refractivity contribution in [3.05, 3.63) is 23.9 Å². The lowest BCUT2D eigenvalue weighted by Crippen LogP contribution is -2.41. The second kappa shape index (κ2) is 5.82. The zero-order chi connectivity index (χ0) is 13.0. The van der Waals surface area contributed by atoms with Gasteiger partial charge >= 0.3 is 0 Å². The van der Waals surface area contributed by atoms with Gasteiger partial charge in [-0.25, -0.2) is 4.98 Å². The van der Waals surface area contributed by atoms with Crippen molar-refractivity contribution in [1.82, 2.24) is 9.88 Å². The second-order valence-corrected chi connectivity index (χ2v) is 4.59. The Kier molecular flexibility index (Phi) is 4.15. The van der Waals surface area contributed by atoms with Crippen LogP contribution < -0.4 is 5.32 Å². The van der Waals surface area contributed by atoms with Gasteiger partial charge < -0.3 is 15.3 Å². The van der Waals surface area contributed by atoms with E-state index in [1.165, 1.54) is 0 Å². The molecule has 0 spiro atoms. The largest absolute Gasteiger partial charge is 0.396 e. The second-order valence-electron chi connectivity index (χ2n) is 4.59. The van der Waals surface area contributed by atoms with Crippen LogP contribution >= 0.6 is 0 Å². The van der Waals surface area contributed by atoms with Crippen LogP contribution in [0.15, 0.2) is 18.3 Å². The maximum absolute atomic E-state index is 12.4. The molecular formula is C13H19N3O2. The molecule has 0 aliphatic carbocycles. The number of aliphatic hydroxyl groups excluding tert-OH is 1. The number of anilines is 1. The molecule has 1 aliphatic rings. The smallest absolute Gasteiger partial charge is 0.257 e. The van der Waals surface area contributed by atoms with Gasteiger partial charge in [-0.05, 0) is 30.9 Å². The highest BCUT2D eigenvalue weighted by Gasteiger charge is 2.25. The van der Waals surface area contributed by atoms with Crippen molar-refractivity contribution in [2.75, 3.05) is 32.1 Å². The number of likely N-dealkylation sites (tertiary alicyclic amines) is 1. The first kappa shape index (κ1) is 12.8. The monoisotopic (exact) mass is 249 g/mol. The third kappa shape index (κ3) is 2.61. The topological polar surface area (TPSA) is 65.5 Å². The van der Waals surface area contributed by atoms with Gasteiger partial charge in [0.25, 0.3) is 5.91 Å². The quantitative estimate of drug-likeness (QED) is 0.837. The Morgan fingerprint density at radius 2 is 2.50 bits per heavy atom. The van der Waals surface area contributed by atoms with Gasteiger partial charge in [0.05, 0.1) is 5.56 Å². The number of pyridine rings is 1. The number of rotatable bonds is 3. The molecule has 1 atom stereocenters. The molecule has 1 amide bonds. The number of piperidine rings is 1. The first-order valence-electron chi connectivity index (χ1n) is 6.29. The zero-order valence-corrected chi connectivity index (χ0v) is 10.6. The van der Waals surface area contributed by atoms with Crippen molar-refractivity contribution in [3.8, 4) is 0 Å². The molecule has 1 aromatic rings. The minimum atomic E-state index is -0.00870. The summed E-state index contributed by atoms with van der Waals surface area (Å²) in [5.74, 6) is 0.802. The fourth-order valence-corrected chi connectivity index (χ4v) is 2.35. The van der Waals surface area contributed by atoms with Gasteiger partial charge in [0.1, 0.15) is 5.82 Å². The number of hydrogen-bond donors (Lipinski definition) is 2. The number of aliphatic hydroxyl groups is 1. The van der Waals surface area contributed by atoms with Crippen LogP contribution in [0.1, 0.15) is 23.2 Å². The van der Waals surface area contributed by atoms with Crippen LogP contribution in [0, 0.1) is 5.92 Å². The highest BCUT2D eigenvalue weighted by atomic mass is 16.3. The van der Waals surface area contributed by atoms with E-state index in [2.05, 4.69) is 10.3 Å². The summed E-state index contributed by atoms with van der Waals surface area (Å²) in [6.45, 7) is 1.54. The Balaban J connectivity index is 2.15. The Labute approximate surface area is 107 Å². The van der Waals surface area contributed by atoms with Crippen LogP contribution in [0.25, 0.3) is 0 Å². The summed E-state index contributed by atoms with van der Waals surface area (Å²) in [5.41, 5.74) is 0.596. The molecule has 18 heavy (non-hydrogen) atoms. The average Bonchev–Trinajstić information content (AvgIpc) is 2.46. The lowest BCUT2D eigenvalue weighted by molar-refractivity contribution is 0.0621. The Morgan fingerprint density at radius 1 is 1.67 bits per heavy atom. The number of amides is 1. The first-order valence-corrected chi connectivity index (χ1v) is 6.29. The van der Waals surface area contributed by atoms with Crippen molar-refractivity contribution in [1.29, 1.82) is 0 Å². The molecule has 5 nitrogen and oxygen atoms in total. The number of carbonyl (C=O) groups excluding carboxylic acids is 1. The van der Waals surface area contributed by atoms with E-state index in [1.54, 1.807) is 25.4 Å². The van der Waals surface area contributed by atoms with Crippen LogP contribution in [0.3, 0.4) is 0 Å². The Hall–Kier alpha value is -1.62. The molecule has 0 bridgehead atoms. The lowest BCUT2D eigenvalue weighted by atomic mass is 9.98. The SMILES string of the molecule is CNc1ncccc1C(=O)N1CCCC(CO)C1. The van der Waals surface area contributed by atoms with Crippen LogP contribution in [0.4, 0.5) is 5.82 Å². The number of nitrogens with zero attached hydrogens (tertiary/aromatic N) is 2.